The second-order valence-corrected chi connectivity index (χ2v) is 6.56. The molecule has 3 atom stereocenters. The van der Waals surface area contributed by atoms with Gasteiger partial charge in [0.2, 0.25) is 5.91 Å². The molecule has 1 aromatic carbocycles. The van der Waals surface area contributed by atoms with E-state index in [1.807, 2.05) is 19.1 Å². The number of urea groups is 1. The minimum absolute atomic E-state index is 0.0796. The Hall–Kier alpha value is -2.55. The van der Waals surface area contributed by atoms with Crippen LogP contribution in [0.2, 0.25) is 0 Å². The molecule has 1 saturated heterocycles. The van der Waals surface area contributed by atoms with Gasteiger partial charge in [0.05, 0.1) is 23.7 Å². The van der Waals surface area contributed by atoms with Gasteiger partial charge in [0, 0.05) is 6.04 Å². The van der Waals surface area contributed by atoms with Crippen molar-refractivity contribution in [2.45, 2.75) is 50.7 Å². The number of amides is 3. The predicted octanol–water partition coefficient (Wildman–Crippen LogP) is 2.07. The number of piperazine rings is 1. The van der Waals surface area contributed by atoms with E-state index >= 15 is 0 Å². The highest BCUT2D eigenvalue weighted by Gasteiger charge is 2.39. The van der Waals surface area contributed by atoms with E-state index in [-0.39, 0.29) is 36.6 Å². The van der Waals surface area contributed by atoms with Crippen molar-refractivity contribution < 1.29 is 9.59 Å². The Kier molecular flexibility index (Phi) is 4.70. The fourth-order valence-corrected chi connectivity index (χ4v) is 3.60. The van der Waals surface area contributed by atoms with E-state index in [1.54, 1.807) is 17.0 Å². The van der Waals surface area contributed by atoms with Crippen molar-refractivity contribution >= 4 is 11.9 Å². The minimum atomic E-state index is -0.196. The Morgan fingerprint density at radius 2 is 2.04 bits per heavy atom. The van der Waals surface area contributed by atoms with Gasteiger partial charge < -0.3 is 15.5 Å². The summed E-state index contributed by atoms with van der Waals surface area (Å²) in [5, 5.41) is 14.8. The third-order valence-electron chi connectivity index (χ3n) is 4.93. The normalized spacial score (nSPS) is 24.3. The lowest BCUT2D eigenvalue weighted by Crippen LogP contribution is -2.64. The van der Waals surface area contributed by atoms with Crippen LogP contribution in [0.1, 0.15) is 49.8 Å². The maximum absolute atomic E-state index is 12.7. The lowest BCUT2D eigenvalue weighted by molar-refractivity contribution is -0.126. The van der Waals surface area contributed by atoms with Gasteiger partial charge in [-0.3, -0.25) is 4.79 Å². The molecule has 1 aliphatic heterocycles. The zero-order valence-electron chi connectivity index (χ0n) is 13.8. The van der Waals surface area contributed by atoms with Crippen LogP contribution in [-0.4, -0.2) is 35.5 Å². The number of hydrogen-bond acceptors (Lipinski definition) is 3. The molecule has 0 radical (unpaired) electrons. The van der Waals surface area contributed by atoms with E-state index in [9.17, 15) is 9.59 Å². The van der Waals surface area contributed by atoms with Crippen LogP contribution in [-0.2, 0) is 4.79 Å². The zero-order valence-corrected chi connectivity index (χ0v) is 13.8. The molecule has 0 spiro atoms. The van der Waals surface area contributed by atoms with Gasteiger partial charge in [-0.1, -0.05) is 25.0 Å². The highest BCUT2D eigenvalue weighted by atomic mass is 16.2. The van der Waals surface area contributed by atoms with Gasteiger partial charge >= 0.3 is 6.03 Å². The molecule has 1 aromatic rings. The van der Waals surface area contributed by atoms with Gasteiger partial charge in [-0.05, 0) is 37.5 Å². The number of nitrogens with zero attached hydrogens (tertiary/aromatic N) is 2. The van der Waals surface area contributed by atoms with E-state index in [2.05, 4.69) is 16.7 Å². The van der Waals surface area contributed by atoms with Crippen LogP contribution in [0.3, 0.4) is 0 Å². The minimum Gasteiger partial charge on any atom is -0.350 e. The largest absolute Gasteiger partial charge is 0.350 e. The molecule has 2 N–H and O–H groups in total. The summed E-state index contributed by atoms with van der Waals surface area (Å²) in [4.78, 5) is 26.3. The lowest BCUT2D eigenvalue weighted by Gasteiger charge is -2.44. The van der Waals surface area contributed by atoms with Crippen LogP contribution < -0.4 is 10.6 Å². The molecular formula is C18H22N4O2. The molecule has 1 heterocycles. The van der Waals surface area contributed by atoms with Gasteiger partial charge in [-0.15, -0.1) is 0 Å². The SMILES string of the molecule is C[C@H](NC(=O)N1CC(=O)N[C@H]2CCCC[C@H]21)c1ccc(C#N)cc1. The summed E-state index contributed by atoms with van der Waals surface area (Å²) in [5.41, 5.74) is 1.53. The van der Waals surface area contributed by atoms with Crippen LogP contribution in [0.5, 0.6) is 0 Å². The standard InChI is InChI=1S/C18H22N4O2/c1-12(14-8-6-13(10-19)7-9-14)20-18(24)22-11-17(23)21-15-4-2-3-5-16(15)22/h6-9,12,15-16H,2-5,11H2,1H3,(H,20,24)(H,21,23)/t12-,15-,16+/m0/s1. The van der Waals surface area contributed by atoms with Crippen molar-refractivity contribution in [1.29, 1.82) is 5.26 Å². The third kappa shape index (κ3) is 3.35. The summed E-state index contributed by atoms with van der Waals surface area (Å²) in [6.45, 7) is 2.02. The number of benzene rings is 1. The third-order valence-corrected chi connectivity index (χ3v) is 4.93. The van der Waals surface area contributed by atoms with Crippen LogP contribution in [0.4, 0.5) is 4.79 Å². The van der Waals surface area contributed by atoms with Gasteiger partial charge in [0.15, 0.2) is 0 Å². The molecule has 1 aliphatic carbocycles. The van der Waals surface area contributed by atoms with E-state index in [0.717, 1.165) is 31.2 Å². The monoisotopic (exact) mass is 326 g/mol. The molecule has 0 bridgehead atoms. The number of nitrogens with one attached hydrogen (secondary N) is 2. The second-order valence-electron chi connectivity index (χ2n) is 6.56. The van der Waals surface area contributed by atoms with E-state index in [1.165, 1.54) is 0 Å². The Balaban J connectivity index is 1.68. The maximum atomic E-state index is 12.7. The summed E-state index contributed by atoms with van der Waals surface area (Å²) in [5.74, 6) is -0.0840. The summed E-state index contributed by atoms with van der Waals surface area (Å²) in [6.07, 6.45) is 4.06. The lowest BCUT2D eigenvalue weighted by atomic mass is 9.87. The molecule has 24 heavy (non-hydrogen) atoms. The van der Waals surface area contributed by atoms with E-state index < -0.39 is 0 Å². The van der Waals surface area contributed by atoms with Gasteiger partial charge in [-0.2, -0.15) is 5.26 Å². The van der Waals surface area contributed by atoms with Crippen molar-refractivity contribution in [1.82, 2.24) is 15.5 Å². The molecule has 6 heteroatoms. The van der Waals surface area contributed by atoms with Crippen LogP contribution in [0.15, 0.2) is 24.3 Å². The molecule has 2 fully saturated rings. The number of carbonyl (C=O) groups is 2. The number of nitriles is 1. The predicted molar refractivity (Wildman–Crippen MR) is 89.0 cm³/mol. The number of carbonyl (C=O) groups excluding carboxylic acids is 2. The van der Waals surface area contributed by atoms with Gasteiger partial charge in [0.25, 0.3) is 0 Å². The smallest absolute Gasteiger partial charge is 0.318 e. The Morgan fingerprint density at radius 1 is 1.33 bits per heavy atom. The van der Waals surface area contributed by atoms with Crippen molar-refractivity contribution in [2.75, 3.05) is 6.54 Å². The highest BCUT2D eigenvalue weighted by Crippen LogP contribution is 2.26. The first-order valence-electron chi connectivity index (χ1n) is 8.45. The van der Waals surface area contributed by atoms with Crippen molar-refractivity contribution in [2.24, 2.45) is 0 Å². The van der Waals surface area contributed by atoms with Crippen LogP contribution in [0, 0.1) is 11.3 Å². The zero-order chi connectivity index (χ0) is 17.1. The summed E-state index contributed by atoms with van der Waals surface area (Å²) in [7, 11) is 0. The average molecular weight is 326 g/mol. The average Bonchev–Trinajstić information content (AvgIpc) is 2.60. The Bertz CT molecular complexity index is 665. The van der Waals surface area contributed by atoms with Crippen LogP contribution in [0.25, 0.3) is 0 Å². The van der Waals surface area contributed by atoms with Gasteiger partial charge in [0.1, 0.15) is 6.54 Å². The first-order valence-corrected chi connectivity index (χ1v) is 8.45. The highest BCUT2D eigenvalue weighted by molar-refractivity contribution is 5.86. The van der Waals surface area contributed by atoms with Crippen molar-refractivity contribution in [3.8, 4) is 6.07 Å². The van der Waals surface area contributed by atoms with Crippen LogP contribution >= 0.6 is 0 Å². The second kappa shape index (κ2) is 6.91. The molecule has 126 valence electrons. The first kappa shape index (κ1) is 16.3. The number of rotatable bonds is 2. The maximum Gasteiger partial charge on any atom is 0.318 e. The Morgan fingerprint density at radius 3 is 2.75 bits per heavy atom. The number of fused-ring (bicyclic) bond motifs is 1. The fourth-order valence-electron chi connectivity index (χ4n) is 3.60. The number of hydrogen-bond donors (Lipinski definition) is 2. The molecule has 1 saturated carbocycles. The molecule has 3 amide bonds. The molecule has 0 unspecified atom stereocenters. The van der Waals surface area contributed by atoms with E-state index in [4.69, 9.17) is 5.26 Å². The van der Waals surface area contributed by atoms with Gasteiger partial charge in [-0.25, -0.2) is 4.79 Å². The molecule has 3 rings (SSSR count). The van der Waals surface area contributed by atoms with Crippen molar-refractivity contribution in [3.63, 3.8) is 0 Å². The molecular weight excluding hydrogens is 304 g/mol. The topological polar surface area (TPSA) is 85.2 Å². The first-order chi connectivity index (χ1) is 11.6. The quantitative estimate of drug-likeness (QED) is 0.872. The Labute approximate surface area is 141 Å². The molecule has 2 aliphatic rings. The van der Waals surface area contributed by atoms with Crippen molar-refractivity contribution in [3.05, 3.63) is 35.4 Å². The summed E-state index contributed by atoms with van der Waals surface area (Å²) >= 11 is 0. The van der Waals surface area contributed by atoms with E-state index in [0.29, 0.717) is 5.56 Å². The molecule has 6 nitrogen and oxygen atoms in total. The fraction of sp³-hybridized carbons (Fsp3) is 0.500. The summed E-state index contributed by atoms with van der Waals surface area (Å²) < 4.78 is 0. The molecule has 0 aromatic heterocycles. The summed E-state index contributed by atoms with van der Waals surface area (Å²) in [6, 6.07) is 9.04.